The van der Waals surface area contributed by atoms with Crippen LogP contribution in [0.4, 0.5) is 5.69 Å². The van der Waals surface area contributed by atoms with Crippen molar-refractivity contribution < 1.29 is 14.3 Å². The highest BCUT2D eigenvalue weighted by Crippen LogP contribution is 2.25. The first-order valence-corrected chi connectivity index (χ1v) is 11.7. The minimum absolute atomic E-state index is 0.196. The Balaban J connectivity index is 1.29. The molecule has 0 heterocycles. The molecule has 4 aromatic rings. The highest BCUT2D eigenvalue weighted by atomic mass is 32.1. The Bertz CT molecular complexity index is 1180. The number of anilines is 1. The molecule has 176 valence electrons. The van der Waals surface area contributed by atoms with Crippen LogP contribution in [0.2, 0.25) is 0 Å². The molecule has 0 aromatic heterocycles. The molecule has 0 spiro atoms. The van der Waals surface area contributed by atoms with Gasteiger partial charge in [-0.1, -0.05) is 78.9 Å². The van der Waals surface area contributed by atoms with Gasteiger partial charge in [0.2, 0.25) is 5.91 Å². The Morgan fingerprint density at radius 3 is 1.63 bits per heavy atom. The number of rotatable bonds is 9. The van der Waals surface area contributed by atoms with E-state index in [1.807, 2.05) is 115 Å². The monoisotopic (exact) mass is 482 g/mol. The first kappa shape index (κ1) is 24.0. The van der Waals surface area contributed by atoms with E-state index in [0.29, 0.717) is 13.2 Å². The zero-order chi connectivity index (χ0) is 24.3. The molecule has 5 nitrogen and oxygen atoms in total. The van der Waals surface area contributed by atoms with Gasteiger partial charge in [-0.2, -0.15) is 0 Å². The standard InChI is InChI=1S/C29H26N2O3S/c32-28(27(22-10-4-1-5-11-22)23-12-6-2-7-13-23)31-29(35)30-24-16-18-26(19-17-24)34-21-20-33-25-14-8-3-9-15-25/h1-19,27H,20-21H2,(H2,30,31,32,35). The zero-order valence-corrected chi connectivity index (χ0v) is 19.9. The molecular weight excluding hydrogens is 456 g/mol. The second-order valence-corrected chi connectivity index (χ2v) is 8.14. The van der Waals surface area contributed by atoms with Gasteiger partial charge >= 0.3 is 0 Å². The maximum atomic E-state index is 13.2. The van der Waals surface area contributed by atoms with Gasteiger partial charge in [0.05, 0.1) is 5.92 Å². The average molecular weight is 483 g/mol. The van der Waals surface area contributed by atoms with Crippen LogP contribution in [0.3, 0.4) is 0 Å². The molecule has 0 fully saturated rings. The minimum atomic E-state index is -0.467. The Labute approximate surface area is 210 Å². The maximum absolute atomic E-state index is 13.2. The quantitative estimate of drug-likeness (QED) is 0.234. The third kappa shape index (κ3) is 7.16. The molecule has 0 aliphatic heterocycles. The van der Waals surface area contributed by atoms with Gasteiger partial charge in [0.1, 0.15) is 24.7 Å². The molecule has 4 rings (SSSR count). The lowest BCUT2D eigenvalue weighted by molar-refractivity contribution is -0.120. The molecule has 0 saturated heterocycles. The number of thiocarbonyl (C=S) groups is 1. The van der Waals surface area contributed by atoms with Crippen LogP contribution in [0, 0.1) is 0 Å². The van der Waals surface area contributed by atoms with Gasteiger partial charge in [0.25, 0.3) is 0 Å². The third-order valence-corrected chi connectivity index (χ3v) is 5.45. The lowest BCUT2D eigenvalue weighted by Gasteiger charge is -2.18. The van der Waals surface area contributed by atoms with Gasteiger partial charge in [-0.25, -0.2) is 0 Å². The van der Waals surface area contributed by atoms with Crippen LogP contribution in [0.5, 0.6) is 11.5 Å². The number of carbonyl (C=O) groups is 1. The number of para-hydroxylation sites is 1. The predicted molar refractivity (Wildman–Crippen MR) is 143 cm³/mol. The van der Waals surface area contributed by atoms with Crippen LogP contribution in [-0.4, -0.2) is 24.2 Å². The molecule has 0 atom stereocenters. The highest BCUT2D eigenvalue weighted by Gasteiger charge is 2.23. The van der Waals surface area contributed by atoms with E-state index in [1.54, 1.807) is 0 Å². The van der Waals surface area contributed by atoms with Crippen molar-refractivity contribution in [3.8, 4) is 11.5 Å². The van der Waals surface area contributed by atoms with Gasteiger partial charge in [0, 0.05) is 5.69 Å². The molecule has 0 saturated carbocycles. The van der Waals surface area contributed by atoms with Crippen molar-refractivity contribution in [1.29, 1.82) is 0 Å². The smallest absolute Gasteiger partial charge is 0.238 e. The van der Waals surface area contributed by atoms with Crippen LogP contribution in [0.25, 0.3) is 0 Å². The Morgan fingerprint density at radius 1 is 0.657 bits per heavy atom. The summed E-state index contributed by atoms with van der Waals surface area (Å²) < 4.78 is 11.4. The van der Waals surface area contributed by atoms with Gasteiger partial charge in [-0.3, -0.25) is 4.79 Å². The summed E-state index contributed by atoms with van der Waals surface area (Å²) >= 11 is 5.41. The maximum Gasteiger partial charge on any atom is 0.238 e. The second kappa shape index (κ2) is 12.3. The van der Waals surface area contributed by atoms with Crippen molar-refractivity contribution in [2.24, 2.45) is 0 Å². The molecule has 4 aromatic carbocycles. The molecule has 0 aliphatic rings. The summed E-state index contributed by atoms with van der Waals surface area (Å²) in [4.78, 5) is 13.2. The van der Waals surface area contributed by atoms with E-state index < -0.39 is 5.92 Å². The van der Waals surface area contributed by atoms with Crippen molar-refractivity contribution in [2.75, 3.05) is 18.5 Å². The average Bonchev–Trinajstić information content (AvgIpc) is 2.89. The fraction of sp³-hybridized carbons (Fsp3) is 0.103. The van der Waals surface area contributed by atoms with E-state index in [0.717, 1.165) is 28.3 Å². The lowest BCUT2D eigenvalue weighted by atomic mass is 9.90. The van der Waals surface area contributed by atoms with E-state index in [-0.39, 0.29) is 11.0 Å². The number of nitrogens with one attached hydrogen (secondary N) is 2. The Hall–Kier alpha value is -4.16. The summed E-state index contributed by atoms with van der Waals surface area (Å²) in [5.74, 6) is 0.868. The molecule has 0 unspecified atom stereocenters. The SMILES string of the molecule is O=C(NC(=S)Nc1ccc(OCCOc2ccccc2)cc1)C(c1ccccc1)c1ccccc1. The van der Waals surface area contributed by atoms with Gasteiger partial charge in [-0.15, -0.1) is 0 Å². The number of ether oxygens (including phenoxy) is 2. The summed E-state index contributed by atoms with van der Waals surface area (Å²) in [6.45, 7) is 0.876. The van der Waals surface area contributed by atoms with E-state index in [2.05, 4.69) is 10.6 Å². The van der Waals surface area contributed by atoms with E-state index >= 15 is 0 Å². The molecule has 0 bridgehead atoms. The summed E-state index contributed by atoms with van der Waals surface area (Å²) in [5, 5.41) is 6.13. The molecule has 35 heavy (non-hydrogen) atoms. The molecule has 1 amide bonds. The third-order valence-electron chi connectivity index (χ3n) is 5.24. The molecule has 0 radical (unpaired) electrons. The normalized spacial score (nSPS) is 10.4. The van der Waals surface area contributed by atoms with E-state index in [1.165, 1.54) is 0 Å². The first-order chi connectivity index (χ1) is 17.2. The summed E-state index contributed by atoms with van der Waals surface area (Å²) in [7, 11) is 0. The molecular formula is C29H26N2O3S. The second-order valence-electron chi connectivity index (χ2n) is 7.73. The van der Waals surface area contributed by atoms with Gasteiger partial charge < -0.3 is 20.1 Å². The minimum Gasteiger partial charge on any atom is -0.490 e. The number of carbonyl (C=O) groups excluding carboxylic acids is 1. The zero-order valence-electron chi connectivity index (χ0n) is 19.1. The predicted octanol–water partition coefficient (Wildman–Crippen LogP) is 5.79. The van der Waals surface area contributed by atoms with Crippen molar-refractivity contribution in [3.63, 3.8) is 0 Å². The number of hydrogen-bond donors (Lipinski definition) is 2. The lowest BCUT2D eigenvalue weighted by Crippen LogP contribution is -2.37. The first-order valence-electron chi connectivity index (χ1n) is 11.3. The molecule has 0 aliphatic carbocycles. The van der Waals surface area contributed by atoms with Gasteiger partial charge in [0.15, 0.2) is 5.11 Å². The summed E-state index contributed by atoms with van der Waals surface area (Å²) in [5.41, 5.74) is 2.55. The van der Waals surface area contributed by atoms with E-state index in [9.17, 15) is 4.79 Å². The molecule has 6 heteroatoms. The van der Waals surface area contributed by atoms with Crippen LogP contribution >= 0.6 is 12.2 Å². The fourth-order valence-electron chi connectivity index (χ4n) is 3.60. The van der Waals surface area contributed by atoms with Crippen LogP contribution in [0.1, 0.15) is 17.0 Å². The van der Waals surface area contributed by atoms with E-state index in [4.69, 9.17) is 21.7 Å². The van der Waals surface area contributed by atoms with Crippen LogP contribution in [0.15, 0.2) is 115 Å². The summed E-state index contributed by atoms with van der Waals surface area (Å²) in [6, 6.07) is 36.3. The van der Waals surface area contributed by atoms with Crippen molar-refractivity contribution in [2.45, 2.75) is 5.92 Å². The highest BCUT2D eigenvalue weighted by molar-refractivity contribution is 7.80. The largest absolute Gasteiger partial charge is 0.490 e. The number of amides is 1. The van der Waals surface area contributed by atoms with Crippen LogP contribution < -0.4 is 20.1 Å². The van der Waals surface area contributed by atoms with Crippen molar-refractivity contribution in [3.05, 3.63) is 126 Å². The van der Waals surface area contributed by atoms with Crippen LogP contribution in [-0.2, 0) is 4.79 Å². The Kier molecular flexibility index (Phi) is 8.46. The topological polar surface area (TPSA) is 59.6 Å². The number of benzene rings is 4. The number of hydrogen-bond acceptors (Lipinski definition) is 4. The van der Waals surface area contributed by atoms with Crippen molar-refractivity contribution in [1.82, 2.24) is 5.32 Å². The summed E-state index contributed by atoms with van der Waals surface area (Å²) in [6.07, 6.45) is 0. The van der Waals surface area contributed by atoms with Crippen molar-refractivity contribution >= 4 is 28.9 Å². The van der Waals surface area contributed by atoms with Gasteiger partial charge in [-0.05, 0) is 59.7 Å². The fourth-order valence-corrected chi connectivity index (χ4v) is 3.82. The Morgan fingerprint density at radius 2 is 1.11 bits per heavy atom. The molecule has 2 N–H and O–H groups in total.